The zero-order valence-corrected chi connectivity index (χ0v) is 10.5. The van der Waals surface area contributed by atoms with Gasteiger partial charge in [-0.05, 0) is 24.1 Å². The number of aliphatic imine (C=N–C) groups is 1. The van der Waals surface area contributed by atoms with Crippen molar-refractivity contribution in [3.05, 3.63) is 23.3 Å². The zero-order chi connectivity index (χ0) is 13.1. The van der Waals surface area contributed by atoms with Crippen LogP contribution in [0, 0.1) is 0 Å². The van der Waals surface area contributed by atoms with E-state index < -0.39 is 0 Å². The molecule has 0 bridgehead atoms. The first-order chi connectivity index (χ1) is 8.65. The first-order valence-electron chi connectivity index (χ1n) is 5.72. The average Bonchev–Trinajstić information content (AvgIpc) is 2.37. The van der Waals surface area contributed by atoms with Gasteiger partial charge in [0.25, 0.3) is 0 Å². The van der Waals surface area contributed by atoms with Crippen molar-refractivity contribution in [2.45, 2.75) is 12.8 Å². The number of hydrogen-bond acceptors (Lipinski definition) is 4. The molecule has 0 unspecified atom stereocenters. The van der Waals surface area contributed by atoms with Gasteiger partial charge in [-0.15, -0.1) is 0 Å². The molecule has 1 aromatic carbocycles. The van der Waals surface area contributed by atoms with E-state index in [0.717, 1.165) is 23.3 Å². The Kier molecular flexibility index (Phi) is 3.50. The van der Waals surface area contributed by atoms with E-state index in [1.807, 2.05) is 12.1 Å². The molecule has 1 amide bonds. The fraction of sp³-hybridized carbons (Fsp3) is 0.385. The number of carbonyl (C=O) groups is 1. The molecule has 1 aromatic rings. The molecular weight excluding hydrogens is 232 g/mol. The Labute approximate surface area is 106 Å². The molecule has 2 N–H and O–H groups in total. The Hall–Kier alpha value is -2.04. The second-order valence-electron chi connectivity index (χ2n) is 4.09. The van der Waals surface area contributed by atoms with Gasteiger partial charge < -0.3 is 15.2 Å². The highest BCUT2D eigenvalue weighted by Crippen LogP contribution is 2.32. The summed E-state index contributed by atoms with van der Waals surface area (Å²) in [5, 5.41) is 0. The first-order valence-corrected chi connectivity index (χ1v) is 5.72. The number of ether oxygens (including phenoxy) is 2. The molecule has 18 heavy (non-hydrogen) atoms. The number of nitrogens with two attached hydrogens (primary N) is 1. The van der Waals surface area contributed by atoms with E-state index in [1.165, 1.54) is 0 Å². The molecule has 1 aliphatic heterocycles. The summed E-state index contributed by atoms with van der Waals surface area (Å²) >= 11 is 0. The van der Waals surface area contributed by atoms with Gasteiger partial charge in [0.15, 0.2) is 11.5 Å². The predicted molar refractivity (Wildman–Crippen MR) is 68.5 cm³/mol. The van der Waals surface area contributed by atoms with Gasteiger partial charge in [-0.25, -0.2) is 0 Å². The van der Waals surface area contributed by atoms with E-state index in [9.17, 15) is 4.79 Å². The third-order valence-corrected chi connectivity index (χ3v) is 2.95. The van der Waals surface area contributed by atoms with E-state index in [4.69, 9.17) is 15.2 Å². The lowest BCUT2D eigenvalue weighted by Gasteiger charge is -2.19. The van der Waals surface area contributed by atoms with E-state index in [-0.39, 0.29) is 12.3 Å². The monoisotopic (exact) mass is 248 g/mol. The second-order valence-corrected chi connectivity index (χ2v) is 4.09. The molecule has 0 saturated heterocycles. The van der Waals surface area contributed by atoms with Crippen molar-refractivity contribution in [3.8, 4) is 11.5 Å². The minimum absolute atomic E-state index is 0.155. The minimum Gasteiger partial charge on any atom is -0.493 e. The summed E-state index contributed by atoms with van der Waals surface area (Å²) in [6.07, 6.45) is 0.987. The number of primary amides is 1. The highest BCUT2D eigenvalue weighted by Gasteiger charge is 2.19. The van der Waals surface area contributed by atoms with Crippen molar-refractivity contribution in [3.63, 3.8) is 0 Å². The van der Waals surface area contributed by atoms with Gasteiger partial charge in [-0.1, -0.05) is 0 Å². The quantitative estimate of drug-likeness (QED) is 0.861. The Morgan fingerprint density at radius 3 is 2.61 bits per heavy atom. The molecule has 0 radical (unpaired) electrons. The molecule has 1 aliphatic rings. The first kappa shape index (κ1) is 12.4. The molecule has 96 valence electrons. The maximum atomic E-state index is 11.0. The van der Waals surface area contributed by atoms with E-state index in [1.54, 1.807) is 14.2 Å². The Bertz CT molecular complexity index is 509. The number of methoxy groups -OCH3 is 2. The molecule has 0 atom stereocenters. The predicted octanol–water partition coefficient (Wildman–Crippen LogP) is 0.924. The van der Waals surface area contributed by atoms with Gasteiger partial charge >= 0.3 is 0 Å². The third kappa shape index (κ3) is 2.30. The molecule has 5 nitrogen and oxygen atoms in total. The van der Waals surface area contributed by atoms with Crippen LogP contribution in [0.5, 0.6) is 11.5 Å². The van der Waals surface area contributed by atoms with Gasteiger partial charge in [0.1, 0.15) is 0 Å². The van der Waals surface area contributed by atoms with Crippen molar-refractivity contribution < 1.29 is 14.3 Å². The second kappa shape index (κ2) is 5.08. The van der Waals surface area contributed by atoms with Crippen molar-refractivity contribution in [2.75, 3.05) is 20.8 Å². The smallest absolute Gasteiger partial charge is 0.223 e. The number of amides is 1. The topological polar surface area (TPSA) is 73.9 Å². The lowest BCUT2D eigenvalue weighted by atomic mass is 9.95. The fourth-order valence-electron chi connectivity index (χ4n) is 2.11. The number of benzene rings is 1. The largest absolute Gasteiger partial charge is 0.493 e. The van der Waals surface area contributed by atoms with Gasteiger partial charge in [-0.3, -0.25) is 9.79 Å². The lowest BCUT2D eigenvalue weighted by Crippen LogP contribution is -2.21. The summed E-state index contributed by atoms with van der Waals surface area (Å²) in [5.74, 6) is 0.947. The molecule has 0 saturated carbocycles. The van der Waals surface area contributed by atoms with Crippen molar-refractivity contribution >= 4 is 11.6 Å². The molecule has 1 heterocycles. The summed E-state index contributed by atoms with van der Waals surface area (Å²) in [5.41, 5.74) is 8.00. The Balaban J connectivity index is 2.46. The standard InChI is InChI=1S/C13H16N2O3/c1-17-11-5-8-3-4-15-10(7-13(14)16)9(8)6-12(11)18-2/h5-6H,3-4,7H2,1-2H3,(H2,14,16). The van der Waals surface area contributed by atoms with Crippen LogP contribution >= 0.6 is 0 Å². The normalized spacial score (nSPS) is 13.6. The summed E-state index contributed by atoms with van der Waals surface area (Å²) in [7, 11) is 3.18. The summed E-state index contributed by atoms with van der Waals surface area (Å²) in [6.45, 7) is 0.672. The number of carbonyl (C=O) groups excluding carboxylic acids is 1. The molecule has 0 fully saturated rings. The highest BCUT2D eigenvalue weighted by atomic mass is 16.5. The number of nitrogens with zero attached hydrogens (tertiary/aromatic N) is 1. The minimum atomic E-state index is -0.378. The van der Waals surface area contributed by atoms with Crippen LogP contribution in [0.25, 0.3) is 0 Å². The lowest BCUT2D eigenvalue weighted by molar-refractivity contribution is -0.116. The summed E-state index contributed by atoms with van der Waals surface area (Å²) in [4.78, 5) is 15.4. The van der Waals surface area contributed by atoms with Crippen LogP contribution in [0.4, 0.5) is 0 Å². The number of fused-ring (bicyclic) bond motifs is 1. The van der Waals surface area contributed by atoms with Gasteiger partial charge in [0.2, 0.25) is 5.91 Å². The average molecular weight is 248 g/mol. The van der Waals surface area contributed by atoms with Crippen molar-refractivity contribution in [1.82, 2.24) is 0 Å². The maximum absolute atomic E-state index is 11.0. The van der Waals surface area contributed by atoms with Gasteiger partial charge in [0, 0.05) is 12.1 Å². The SMILES string of the molecule is COc1cc2c(cc1OC)C(CC(N)=O)=NCC2. The van der Waals surface area contributed by atoms with E-state index in [0.29, 0.717) is 18.0 Å². The Morgan fingerprint density at radius 1 is 1.33 bits per heavy atom. The van der Waals surface area contributed by atoms with Crippen LogP contribution in [-0.2, 0) is 11.2 Å². The maximum Gasteiger partial charge on any atom is 0.223 e. The van der Waals surface area contributed by atoms with Gasteiger partial charge in [-0.2, -0.15) is 0 Å². The molecule has 2 rings (SSSR count). The molecule has 0 aromatic heterocycles. The number of hydrogen-bond donors (Lipinski definition) is 1. The molecular formula is C13H16N2O3. The van der Waals surface area contributed by atoms with Crippen LogP contribution < -0.4 is 15.2 Å². The van der Waals surface area contributed by atoms with E-state index in [2.05, 4.69) is 4.99 Å². The molecule has 0 spiro atoms. The highest BCUT2D eigenvalue weighted by molar-refractivity contribution is 6.11. The zero-order valence-electron chi connectivity index (χ0n) is 10.5. The molecule has 5 heteroatoms. The third-order valence-electron chi connectivity index (χ3n) is 2.95. The van der Waals surface area contributed by atoms with E-state index >= 15 is 0 Å². The van der Waals surface area contributed by atoms with Crippen molar-refractivity contribution in [1.29, 1.82) is 0 Å². The summed E-state index contributed by atoms with van der Waals surface area (Å²) in [6, 6.07) is 3.79. The van der Waals surface area contributed by atoms with Crippen LogP contribution in [0.15, 0.2) is 17.1 Å². The van der Waals surface area contributed by atoms with Crippen LogP contribution in [0.2, 0.25) is 0 Å². The number of rotatable bonds is 4. The van der Waals surface area contributed by atoms with Crippen LogP contribution in [0.3, 0.4) is 0 Å². The molecule has 0 aliphatic carbocycles. The fourth-order valence-corrected chi connectivity index (χ4v) is 2.11. The van der Waals surface area contributed by atoms with Crippen molar-refractivity contribution in [2.24, 2.45) is 10.7 Å². The van der Waals surface area contributed by atoms with Gasteiger partial charge in [0.05, 0.1) is 26.4 Å². The Morgan fingerprint density at radius 2 is 2.00 bits per heavy atom. The van der Waals surface area contributed by atoms with Crippen LogP contribution in [0.1, 0.15) is 17.5 Å². The van der Waals surface area contributed by atoms with Crippen LogP contribution in [-0.4, -0.2) is 32.4 Å². The summed E-state index contributed by atoms with van der Waals surface area (Å²) < 4.78 is 10.5.